The highest BCUT2D eigenvalue weighted by atomic mass is 79.9. The number of allylic oxidation sites excluding steroid dienone is 2. The number of carbonyl (C=O) groups is 1. The monoisotopic (exact) mass is 298 g/mol. The molecule has 0 saturated carbocycles. The molecule has 2 rings (SSSR count). The highest BCUT2D eigenvalue weighted by Gasteiger charge is 2.27. The van der Waals surface area contributed by atoms with Crippen LogP contribution in [0.4, 0.5) is 0 Å². The van der Waals surface area contributed by atoms with Gasteiger partial charge in [-0.3, -0.25) is 4.79 Å². The summed E-state index contributed by atoms with van der Waals surface area (Å²) in [6.45, 7) is 4.34. The Hall–Kier alpha value is -0.410. The molecule has 0 saturated heterocycles. The van der Waals surface area contributed by atoms with E-state index in [0.717, 1.165) is 17.3 Å². The fourth-order valence-corrected chi connectivity index (χ4v) is 3.80. The van der Waals surface area contributed by atoms with Gasteiger partial charge in [0.05, 0.1) is 0 Å². The summed E-state index contributed by atoms with van der Waals surface area (Å²) in [6, 6.07) is 2.07. The van der Waals surface area contributed by atoms with Crippen molar-refractivity contribution in [3.8, 4) is 0 Å². The zero-order valence-electron chi connectivity index (χ0n) is 9.55. The van der Waals surface area contributed by atoms with Gasteiger partial charge in [0.1, 0.15) is 0 Å². The van der Waals surface area contributed by atoms with Crippen molar-refractivity contribution < 1.29 is 4.79 Å². The molecule has 0 atom stereocenters. The highest BCUT2D eigenvalue weighted by molar-refractivity contribution is 9.10. The van der Waals surface area contributed by atoms with Gasteiger partial charge in [-0.2, -0.15) is 0 Å². The predicted molar refractivity (Wildman–Crippen MR) is 71.8 cm³/mol. The number of carbonyl (C=O) groups excluding carboxylic acids is 1. The lowest BCUT2D eigenvalue weighted by atomic mass is 9.76. The molecule has 0 unspecified atom stereocenters. The minimum atomic E-state index is 0.130. The maximum Gasteiger partial charge on any atom is 0.156 e. The topological polar surface area (TPSA) is 17.1 Å². The molecule has 0 aromatic carbocycles. The number of halogens is 1. The zero-order valence-corrected chi connectivity index (χ0v) is 12.0. The number of rotatable bonds is 2. The summed E-state index contributed by atoms with van der Waals surface area (Å²) in [5, 5.41) is 2.08. The average molecular weight is 299 g/mol. The molecule has 0 aliphatic heterocycles. The summed E-state index contributed by atoms with van der Waals surface area (Å²) in [6.07, 6.45) is 4.47. The summed E-state index contributed by atoms with van der Waals surface area (Å²) >= 11 is 5.28. The molecule has 1 aliphatic rings. The normalized spacial score (nSPS) is 19.7. The first-order valence-electron chi connectivity index (χ1n) is 5.40. The third-order valence-corrected chi connectivity index (χ3v) is 4.73. The lowest BCUT2D eigenvalue weighted by molar-refractivity contribution is -0.117. The molecule has 3 heteroatoms. The Labute approximate surface area is 109 Å². The van der Waals surface area contributed by atoms with E-state index in [9.17, 15) is 4.79 Å². The lowest BCUT2D eigenvalue weighted by Crippen LogP contribution is -2.22. The van der Waals surface area contributed by atoms with E-state index in [2.05, 4.69) is 41.2 Å². The summed E-state index contributed by atoms with van der Waals surface area (Å²) in [5.41, 5.74) is 1.40. The van der Waals surface area contributed by atoms with Gasteiger partial charge in [0.25, 0.3) is 0 Å². The fourth-order valence-electron chi connectivity index (χ4n) is 2.25. The first-order valence-corrected chi connectivity index (χ1v) is 7.08. The van der Waals surface area contributed by atoms with E-state index in [1.807, 2.05) is 6.08 Å². The van der Waals surface area contributed by atoms with Crippen LogP contribution in [-0.4, -0.2) is 5.78 Å². The largest absolute Gasteiger partial charge is 0.295 e. The Kier molecular flexibility index (Phi) is 3.36. The van der Waals surface area contributed by atoms with Gasteiger partial charge >= 0.3 is 0 Å². The van der Waals surface area contributed by atoms with Crippen molar-refractivity contribution in [1.82, 2.24) is 0 Å². The van der Waals surface area contributed by atoms with E-state index >= 15 is 0 Å². The Morgan fingerprint density at radius 3 is 2.75 bits per heavy atom. The highest BCUT2D eigenvalue weighted by Crippen LogP contribution is 2.36. The molecule has 1 nitrogen and oxygen atoms in total. The smallest absolute Gasteiger partial charge is 0.156 e. The van der Waals surface area contributed by atoms with Crippen LogP contribution < -0.4 is 0 Å². The predicted octanol–water partition coefficient (Wildman–Crippen LogP) is 4.37. The second kappa shape index (κ2) is 4.46. The number of hydrogen-bond donors (Lipinski definition) is 0. The summed E-state index contributed by atoms with van der Waals surface area (Å²) < 4.78 is 1.16. The van der Waals surface area contributed by atoms with Crippen molar-refractivity contribution in [2.45, 2.75) is 33.1 Å². The van der Waals surface area contributed by atoms with Crippen LogP contribution in [0, 0.1) is 5.41 Å². The van der Waals surface area contributed by atoms with E-state index in [-0.39, 0.29) is 11.2 Å². The Balaban J connectivity index is 2.17. The Morgan fingerprint density at radius 1 is 1.44 bits per heavy atom. The lowest BCUT2D eigenvalue weighted by Gasteiger charge is -2.28. The summed E-state index contributed by atoms with van der Waals surface area (Å²) in [4.78, 5) is 12.9. The molecule has 16 heavy (non-hydrogen) atoms. The van der Waals surface area contributed by atoms with E-state index in [1.54, 1.807) is 11.3 Å². The molecule has 1 aliphatic carbocycles. The molecule has 0 radical (unpaired) electrons. The van der Waals surface area contributed by atoms with Gasteiger partial charge in [0, 0.05) is 22.2 Å². The first-order chi connectivity index (χ1) is 7.46. The van der Waals surface area contributed by atoms with Crippen LogP contribution in [0.5, 0.6) is 0 Å². The quantitative estimate of drug-likeness (QED) is 0.792. The summed E-state index contributed by atoms with van der Waals surface area (Å²) in [5.74, 6) is 0.277. The van der Waals surface area contributed by atoms with E-state index in [0.29, 0.717) is 6.42 Å². The molecule has 0 fully saturated rings. The third-order valence-electron chi connectivity index (χ3n) is 2.80. The van der Waals surface area contributed by atoms with E-state index < -0.39 is 0 Å². The van der Waals surface area contributed by atoms with Crippen molar-refractivity contribution in [3.05, 3.63) is 32.4 Å². The maximum absolute atomic E-state index is 11.6. The zero-order chi connectivity index (χ0) is 11.8. The molecular weight excluding hydrogens is 284 g/mol. The van der Waals surface area contributed by atoms with Crippen molar-refractivity contribution in [2.24, 2.45) is 5.41 Å². The van der Waals surface area contributed by atoms with Crippen molar-refractivity contribution in [1.29, 1.82) is 0 Å². The number of ketones is 1. The molecule has 1 aromatic rings. The van der Waals surface area contributed by atoms with Crippen LogP contribution >= 0.6 is 27.3 Å². The molecule has 1 aromatic heterocycles. The van der Waals surface area contributed by atoms with E-state index in [1.165, 1.54) is 10.5 Å². The second-order valence-electron chi connectivity index (χ2n) is 5.16. The van der Waals surface area contributed by atoms with Crippen molar-refractivity contribution >= 4 is 33.0 Å². The molecule has 0 bridgehead atoms. The SMILES string of the molecule is CC1(C)CC(=O)C=C(Cc2sccc2Br)C1. The molecule has 86 valence electrons. The third kappa shape index (κ3) is 2.83. The number of thiophene rings is 1. The maximum atomic E-state index is 11.6. The van der Waals surface area contributed by atoms with Gasteiger partial charge < -0.3 is 0 Å². The molecule has 0 N–H and O–H groups in total. The average Bonchev–Trinajstić information content (AvgIpc) is 2.48. The standard InChI is InChI=1S/C13H15BrOS/c1-13(2)7-9(5-10(15)8-13)6-12-11(14)3-4-16-12/h3-5H,6-8H2,1-2H3. The van der Waals surface area contributed by atoms with E-state index in [4.69, 9.17) is 0 Å². The first kappa shape index (κ1) is 12.1. The van der Waals surface area contributed by atoms with Gasteiger partial charge in [-0.25, -0.2) is 0 Å². The Bertz CT molecular complexity index is 443. The minimum Gasteiger partial charge on any atom is -0.295 e. The molecule has 0 amide bonds. The van der Waals surface area contributed by atoms with Gasteiger partial charge in [0.15, 0.2) is 5.78 Å². The fraction of sp³-hybridized carbons (Fsp3) is 0.462. The van der Waals surface area contributed by atoms with Crippen LogP contribution in [-0.2, 0) is 11.2 Å². The molecular formula is C13H15BrOS. The number of hydrogen-bond acceptors (Lipinski definition) is 2. The van der Waals surface area contributed by atoms with Crippen molar-refractivity contribution in [2.75, 3.05) is 0 Å². The van der Waals surface area contributed by atoms with Gasteiger partial charge in [0.2, 0.25) is 0 Å². The van der Waals surface area contributed by atoms with Crippen LogP contribution in [0.15, 0.2) is 27.6 Å². The second-order valence-corrected chi connectivity index (χ2v) is 7.01. The van der Waals surface area contributed by atoms with Gasteiger partial charge in [-0.05, 0) is 45.3 Å². The minimum absolute atomic E-state index is 0.130. The molecule has 0 spiro atoms. The van der Waals surface area contributed by atoms with Gasteiger partial charge in [-0.15, -0.1) is 11.3 Å². The summed E-state index contributed by atoms with van der Waals surface area (Å²) in [7, 11) is 0. The van der Waals surface area contributed by atoms with Gasteiger partial charge in [-0.1, -0.05) is 19.4 Å². The van der Waals surface area contributed by atoms with Crippen LogP contribution in [0.2, 0.25) is 0 Å². The van der Waals surface area contributed by atoms with Crippen LogP contribution in [0.3, 0.4) is 0 Å². The van der Waals surface area contributed by atoms with Crippen molar-refractivity contribution in [3.63, 3.8) is 0 Å². The molecule has 1 heterocycles. The van der Waals surface area contributed by atoms with Crippen LogP contribution in [0.1, 0.15) is 31.6 Å². The Morgan fingerprint density at radius 2 is 2.19 bits per heavy atom. The van der Waals surface area contributed by atoms with Crippen LogP contribution in [0.25, 0.3) is 0 Å².